The topological polar surface area (TPSA) is 55.6 Å². The zero-order valence-corrected chi connectivity index (χ0v) is 6.75. The third-order valence-electron chi connectivity index (χ3n) is 1.86. The van der Waals surface area contributed by atoms with Gasteiger partial charge >= 0.3 is 0 Å². The van der Waals surface area contributed by atoms with Gasteiger partial charge in [-0.25, -0.2) is 0 Å². The number of primary amides is 1. The summed E-state index contributed by atoms with van der Waals surface area (Å²) in [5.74, 6) is -0.265. The molecule has 0 aromatic carbocycles. The Kier molecular flexibility index (Phi) is 2.84. The fraction of sp³-hybridized carbons (Fsp3) is 0.857. The Hall–Kier alpha value is -0.610. The molecule has 2 N–H and O–H groups in total. The summed E-state index contributed by atoms with van der Waals surface area (Å²) in [4.78, 5) is 12.6. The van der Waals surface area contributed by atoms with E-state index in [2.05, 4.69) is 0 Å². The molecule has 4 heteroatoms. The van der Waals surface area contributed by atoms with Crippen LogP contribution in [0.5, 0.6) is 0 Å². The predicted octanol–water partition coefficient (Wildman–Crippen LogP) is -0.808. The first kappa shape index (κ1) is 8.49. The van der Waals surface area contributed by atoms with Crippen molar-refractivity contribution in [3.8, 4) is 0 Å². The average Bonchev–Trinajstić information content (AvgIpc) is 1.93. The van der Waals surface area contributed by atoms with E-state index >= 15 is 0 Å². The lowest BCUT2D eigenvalue weighted by Crippen LogP contribution is -2.47. The monoisotopic (exact) mass is 158 g/mol. The van der Waals surface area contributed by atoms with Gasteiger partial charge in [-0.15, -0.1) is 0 Å². The predicted molar refractivity (Wildman–Crippen MR) is 41.0 cm³/mol. The highest BCUT2D eigenvalue weighted by Crippen LogP contribution is 2.04. The van der Waals surface area contributed by atoms with Crippen LogP contribution < -0.4 is 5.73 Å². The van der Waals surface area contributed by atoms with Crippen molar-refractivity contribution in [2.45, 2.75) is 13.0 Å². The second kappa shape index (κ2) is 3.69. The van der Waals surface area contributed by atoms with Gasteiger partial charge in [0.15, 0.2) is 0 Å². The molecule has 1 fully saturated rings. The summed E-state index contributed by atoms with van der Waals surface area (Å²) in [6, 6.07) is 0.316. The van der Waals surface area contributed by atoms with E-state index in [1.807, 2.05) is 11.8 Å². The van der Waals surface area contributed by atoms with Gasteiger partial charge in [-0.2, -0.15) is 0 Å². The van der Waals surface area contributed by atoms with Gasteiger partial charge in [0.2, 0.25) is 5.91 Å². The molecular formula is C7H14N2O2. The molecule has 0 aromatic heterocycles. The average molecular weight is 158 g/mol. The van der Waals surface area contributed by atoms with E-state index in [1.165, 1.54) is 0 Å². The highest BCUT2D eigenvalue weighted by atomic mass is 16.5. The van der Waals surface area contributed by atoms with Crippen LogP contribution in [0.1, 0.15) is 6.92 Å². The molecule has 0 bridgehead atoms. The number of hydrogen-bond donors (Lipinski definition) is 1. The molecular weight excluding hydrogens is 144 g/mol. The Labute approximate surface area is 66.3 Å². The minimum atomic E-state index is -0.265. The van der Waals surface area contributed by atoms with Crippen LogP contribution in [0.3, 0.4) is 0 Å². The first-order chi connectivity index (χ1) is 5.20. The van der Waals surface area contributed by atoms with Crippen molar-refractivity contribution < 1.29 is 9.53 Å². The summed E-state index contributed by atoms with van der Waals surface area (Å²) in [5.41, 5.74) is 5.06. The zero-order valence-electron chi connectivity index (χ0n) is 6.75. The first-order valence-corrected chi connectivity index (χ1v) is 3.80. The Balaban J connectivity index is 2.35. The summed E-state index contributed by atoms with van der Waals surface area (Å²) in [7, 11) is 0. The van der Waals surface area contributed by atoms with Crippen LogP contribution >= 0.6 is 0 Å². The van der Waals surface area contributed by atoms with Crippen LogP contribution in [0.15, 0.2) is 0 Å². The maximum absolute atomic E-state index is 10.6. The number of nitrogens with two attached hydrogens (primary N) is 1. The SMILES string of the molecule is CC1COCCN1CC(N)=O. The van der Waals surface area contributed by atoms with Crippen LogP contribution in [0.4, 0.5) is 0 Å². The van der Waals surface area contributed by atoms with E-state index in [9.17, 15) is 4.79 Å². The summed E-state index contributed by atoms with van der Waals surface area (Å²) in [5, 5.41) is 0. The normalized spacial score (nSPS) is 26.8. The van der Waals surface area contributed by atoms with Gasteiger partial charge in [-0.3, -0.25) is 9.69 Å². The number of morpholine rings is 1. The minimum absolute atomic E-state index is 0.265. The van der Waals surface area contributed by atoms with Gasteiger partial charge in [0.1, 0.15) is 0 Å². The van der Waals surface area contributed by atoms with Crippen LogP contribution in [-0.2, 0) is 9.53 Å². The van der Waals surface area contributed by atoms with E-state index in [0.717, 1.165) is 6.54 Å². The molecule has 64 valence electrons. The van der Waals surface area contributed by atoms with E-state index < -0.39 is 0 Å². The van der Waals surface area contributed by atoms with E-state index in [0.29, 0.717) is 25.8 Å². The van der Waals surface area contributed by atoms with Crippen LogP contribution in [0, 0.1) is 0 Å². The van der Waals surface area contributed by atoms with Gasteiger partial charge in [0.05, 0.1) is 19.8 Å². The van der Waals surface area contributed by atoms with E-state index in [-0.39, 0.29) is 5.91 Å². The molecule has 1 amide bonds. The molecule has 1 rings (SSSR count). The Bertz CT molecular complexity index is 149. The van der Waals surface area contributed by atoms with Crippen molar-refractivity contribution in [3.63, 3.8) is 0 Å². The van der Waals surface area contributed by atoms with Gasteiger partial charge in [-0.1, -0.05) is 0 Å². The molecule has 0 radical (unpaired) electrons. The largest absolute Gasteiger partial charge is 0.379 e. The summed E-state index contributed by atoms with van der Waals surface area (Å²) < 4.78 is 5.20. The fourth-order valence-corrected chi connectivity index (χ4v) is 1.20. The number of hydrogen-bond acceptors (Lipinski definition) is 3. The first-order valence-electron chi connectivity index (χ1n) is 3.80. The molecule has 4 nitrogen and oxygen atoms in total. The molecule has 0 aromatic rings. The zero-order chi connectivity index (χ0) is 8.27. The Morgan fingerprint density at radius 2 is 2.55 bits per heavy atom. The second-order valence-corrected chi connectivity index (χ2v) is 2.86. The van der Waals surface area contributed by atoms with Crippen molar-refractivity contribution in [3.05, 3.63) is 0 Å². The van der Waals surface area contributed by atoms with Gasteiger partial charge in [0, 0.05) is 12.6 Å². The van der Waals surface area contributed by atoms with Crippen molar-refractivity contribution in [2.24, 2.45) is 5.73 Å². The summed E-state index contributed by atoms with van der Waals surface area (Å²) >= 11 is 0. The smallest absolute Gasteiger partial charge is 0.231 e. The molecule has 1 atom stereocenters. The summed E-state index contributed by atoms with van der Waals surface area (Å²) in [6.45, 7) is 4.60. The van der Waals surface area contributed by atoms with Crippen molar-refractivity contribution >= 4 is 5.91 Å². The molecule has 0 aliphatic carbocycles. The minimum Gasteiger partial charge on any atom is -0.379 e. The lowest BCUT2D eigenvalue weighted by molar-refractivity contribution is -0.121. The third kappa shape index (κ3) is 2.48. The highest BCUT2D eigenvalue weighted by Gasteiger charge is 2.19. The Morgan fingerprint density at radius 1 is 1.82 bits per heavy atom. The molecule has 1 aliphatic heterocycles. The van der Waals surface area contributed by atoms with E-state index in [4.69, 9.17) is 10.5 Å². The van der Waals surface area contributed by atoms with Crippen LogP contribution in [0.25, 0.3) is 0 Å². The molecule has 1 heterocycles. The number of amides is 1. The van der Waals surface area contributed by atoms with Gasteiger partial charge in [-0.05, 0) is 6.92 Å². The van der Waals surface area contributed by atoms with Gasteiger partial charge in [0.25, 0.3) is 0 Å². The number of rotatable bonds is 2. The number of ether oxygens (including phenoxy) is 1. The maximum atomic E-state index is 10.6. The van der Waals surface area contributed by atoms with Crippen molar-refractivity contribution in [2.75, 3.05) is 26.3 Å². The lowest BCUT2D eigenvalue weighted by atomic mass is 10.2. The molecule has 1 unspecified atom stereocenters. The fourth-order valence-electron chi connectivity index (χ4n) is 1.20. The van der Waals surface area contributed by atoms with E-state index in [1.54, 1.807) is 0 Å². The molecule has 11 heavy (non-hydrogen) atoms. The lowest BCUT2D eigenvalue weighted by Gasteiger charge is -2.31. The quantitative estimate of drug-likeness (QED) is 0.572. The van der Waals surface area contributed by atoms with Crippen LogP contribution in [-0.4, -0.2) is 43.2 Å². The Morgan fingerprint density at radius 3 is 3.09 bits per heavy atom. The standard InChI is InChI=1S/C7H14N2O2/c1-6-5-11-3-2-9(6)4-7(8)10/h6H,2-5H2,1H3,(H2,8,10). The van der Waals surface area contributed by atoms with Crippen molar-refractivity contribution in [1.82, 2.24) is 4.90 Å². The summed E-state index contributed by atoms with van der Waals surface area (Å²) in [6.07, 6.45) is 0. The number of carbonyl (C=O) groups excluding carboxylic acids is 1. The highest BCUT2D eigenvalue weighted by molar-refractivity contribution is 5.75. The molecule has 1 aliphatic rings. The molecule has 1 saturated heterocycles. The van der Waals surface area contributed by atoms with Crippen molar-refractivity contribution in [1.29, 1.82) is 0 Å². The second-order valence-electron chi connectivity index (χ2n) is 2.86. The molecule has 0 saturated carbocycles. The molecule has 0 spiro atoms. The third-order valence-corrected chi connectivity index (χ3v) is 1.86. The van der Waals surface area contributed by atoms with Gasteiger partial charge < -0.3 is 10.5 Å². The number of nitrogens with zero attached hydrogens (tertiary/aromatic N) is 1. The maximum Gasteiger partial charge on any atom is 0.231 e. The van der Waals surface area contributed by atoms with Crippen LogP contribution in [0.2, 0.25) is 0 Å². The number of carbonyl (C=O) groups is 1.